The van der Waals surface area contributed by atoms with Gasteiger partial charge in [0.1, 0.15) is 0 Å². The maximum absolute atomic E-state index is 12.3. The Morgan fingerprint density at radius 2 is 0.951 bits per heavy atom. The third-order valence-electron chi connectivity index (χ3n) is 8.87. The van der Waals surface area contributed by atoms with Gasteiger partial charge < -0.3 is 41.1 Å². The van der Waals surface area contributed by atoms with Gasteiger partial charge in [-0.05, 0) is 57.8 Å². The summed E-state index contributed by atoms with van der Waals surface area (Å²) in [6.07, 6.45) is 17.4. The van der Waals surface area contributed by atoms with Gasteiger partial charge in [-0.25, -0.2) is 0 Å². The molecule has 0 aromatic rings. The van der Waals surface area contributed by atoms with Crippen LogP contribution in [0.1, 0.15) is 122 Å². The van der Waals surface area contributed by atoms with E-state index < -0.39 is 17.4 Å². The number of piperidine rings is 2. The van der Waals surface area contributed by atoms with Gasteiger partial charge in [0.05, 0.1) is 17.4 Å². The van der Waals surface area contributed by atoms with Crippen LogP contribution in [0.15, 0.2) is 0 Å². The molecule has 2 atom stereocenters. The van der Waals surface area contributed by atoms with Crippen molar-refractivity contribution < 1.29 is 50.5 Å². The van der Waals surface area contributed by atoms with Crippen LogP contribution in [0.3, 0.4) is 0 Å². The van der Waals surface area contributed by atoms with Crippen molar-refractivity contribution in [3.63, 3.8) is 0 Å². The molecule has 3 rings (SSSR count). The molecule has 41 heavy (non-hydrogen) atoms. The number of hydrogen-bond acceptors (Lipinski definition) is 8. The number of likely N-dealkylation sites (tertiary alicyclic amines) is 2. The van der Waals surface area contributed by atoms with Gasteiger partial charge in [-0.1, -0.05) is 51.4 Å². The van der Waals surface area contributed by atoms with E-state index in [9.17, 15) is 29.4 Å². The first-order chi connectivity index (χ1) is 19.2. The van der Waals surface area contributed by atoms with Crippen LogP contribution < -0.4 is 21.7 Å². The molecule has 4 N–H and O–H groups in total. The van der Waals surface area contributed by atoms with Crippen LogP contribution in [0.4, 0.5) is 0 Å². The van der Waals surface area contributed by atoms with E-state index in [-0.39, 0.29) is 65.0 Å². The third-order valence-corrected chi connectivity index (χ3v) is 8.87. The molecule has 0 aromatic carbocycles. The predicted molar refractivity (Wildman–Crippen MR) is 149 cm³/mol. The number of carboxylic acid groups (broad SMARTS) is 2. The van der Waals surface area contributed by atoms with Crippen LogP contribution in [-0.4, -0.2) is 71.8 Å². The third kappa shape index (κ3) is 13.1. The molecule has 0 aromatic heterocycles. The summed E-state index contributed by atoms with van der Waals surface area (Å²) in [6.45, 7) is 2.08. The van der Waals surface area contributed by atoms with Gasteiger partial charge in [-0.2, -0.15) is 0 Å². The molecule has 0 radical (unpaired) electrons. The number of carbonyl (C=O) groups excluding carboxylic acids is 4. The Balaban J connectivity index is 0.000000801. The molecule has 2 saturated heterocycles. The van der Waals surface area contributed by atoms with E-state index in [0.717, 1.165) is 90.1 Å². The van der Waals surface area contributed by atoms with Crippen LogP contribution in [-0.2, 0) is 40.2 Å². The Kier molecular flexibility index (Phi) is 18.7. The second-order valence-corrected chi connectivity index (χ2v) is 11.9. The van der Waals surface area contributed by atoms with Crippen molar-refractivity contribution in [3.05, 3.63) is 0 Å². The Hall–Kier alpha value is -1.51. The largest absolute Gasteiger partial charge is 2.00 e. The number of amides is 2. The second-order valence-electron chi connectivity index (χ2n) is 11.9. The zero-order chi connectivity index (χ0) is 29.4. The summed E-state index contributed by atoms with van der Waals surface area (Å²) in [6, 6.07) is 0.562. The fourth-order valence-corrected chi connectivity index (χ4v) is 5.89. The maximum Gasteiger partial charge on any atom is 2.00 e. The molecule has 0 spiro atoms. The van der Waals surface area contributed by atoms with Gasteiger partial charge in [0.2, 0.25) is 11.8 Å². The molecule has 238 valence electrons. The molecule has 3 aliphatic rings. The van der Waals surface area contributed by atoms with Gasteiger partial charge in [0.15, 0.2) is 0 Å². The molecule has 1 saturated carbocycles. The standard InChI is InChI=1S/C24H40N2O6.C6H14N2.Pt/c27-20(25-16-10-7-11-17-25)12-8-5-3-1-2-4-6-9-13-21(28)26-18-14-24(15-19-26,22(29)30)23(31)32;7-5-3-1-2-4-6(5)8;/h1-19H2,(H,29,30)(H,31,32);5-6H,1-4,7-8H2;/q;;+2/p-2/t;5-,6-;/m.1./s1. The average molecular weight is 760 g/mol. The summed E-state index contributed by atoms with van der Waals surface area (Å²) in [7, 11) is 0. The van der Waals surface area contributed by atoms with Gasteiger partial charge in [-0.3, -0.25) is 9.59 Å². The van der Waals surface area contributed by atoms with Crippen molar-refractivity contribution in [2.75, 3.05) is 26.2 Å². The maximum atomic E-state index is 12.3. The number of nitrogens with zero attached hydrogens (tertiary/aromatic N) is 2. The Labute approximate surface area is 260 Å². The second kappa shape index (κ2) is 20.4. The summed E-state index contributed by atoms with van der Waals surface area (Å²) in [5.41, 5.74) is 9.33. The van der Waals surface area contributed by atoms with Gasteiger partial charge in [0.25, 0.3) is 0 Å². The molecule has 2 heterocycles. The Morgan fingerprint density at radius 1 is 0.585 bits per heavy atom. The van der Waals surface area contributed by atoms with Crippen molar-refractivity contribution in [2.45, 2.75) is 134 Å². The van der Waals surface area contributed by atoms with Gasteiger partial charge in [0, 0.05) is 51.1 Å². The molecular formula is C30H52N4O6Pt. The number of nitrogens with two attached hydrogens (primary N) is 2. The first kappa shape index (κ1) is 37.5. The Morgan fingerprint density at radius 3 is 1.32 bits per heavy atom. The van der Waals surface area contributed by atoms with E-state index in [0.29, 0.717) is 18.7 Å². The first-order valence-corrected chi connectivity index (χ1v) is 15.7. The van der Waals surface area contributed by atoms with Crippen LogP contribution >= 0.6 is 0 Å². The van der Waals surface area contributed by atoms with Gasteiger partial charge in [-0.15, -0.1) is 0 Å². The molecule has 2 aliphatic heterocycles. The van der Waals surface area contributed by atoms with Crippen molar-refractivity contribution in [2.24, 2.45) is 16.9 Å². The smallest absolute Gasteiger partial charge is 0.549 e. The summed E-state index contributed by atoms with van der Waals surface area (Å²) in [5, 5.41) is 22.4. The molecule has 10 nitrogen and oxygen atoms in total. The van der Waals surface area contributed by atoms with Crippen molar-refractivity contribution in [3.8, 4) is 0 Å². The quantitative estimate of drug-likeness (QED) is 0.209. The summed E-state index contributed by atoms with van der Waals surface area (Å²) < 4.78 is 0. The minimum atomic E-state index is -1.97. The zero-order valence-electron chi connectivity index (χ0n) is 24.7. The molecule has 0 bridgehead atoms. The van der Waals surface area contributed by atoms with Crippen LogP contribution in [0, 0.1) is 5.41 Å². The van der Waals surface area contributed by atoms with E-state index in [4.69, 9.17) is 11.5 Å². The SMILES string of the molecule is N[C@@H]1CCCC[C@H]1N.O=C(CCCCCCCCCCC(=O)N1CCC(C(=O)[O-])(C(=O)[O-])CC1)N1CCCCC1.[Pt+2]. The predicted octanol–water partition coefficient (Wildman–Crippen LogP) is 1.22. The van der Waals surface area contributed by atoms with E-state index in [1.165, 1.54) is 19.3 Å². The minimum Gasteiger partial charge on any atom is -0.549 e. The first-order valence-electron chi connectivity index (χ1n) is 15.7. The van der Waals surface area contributed by atoms with E-state index in [1.807, 2.05) is 4.90 Å². The molecule has 1 aliphatic carbocycles. The van der Waals surface area contributed by atoms with Crippen LogP contribution in [0.5, 0.6) is 0 Å². The summed E-state index contributed by atoms with van der Waals surface area (Å²) in [5.74, 6) is -2.99. The number of carbonyl (C=O) groups is 4. The monoisotopic (exact) mass is 759 g/mol. The van der Waals surface area contributed by atoms with Crippen molar-refractivity contribution >= 4 is 23.8 Å². The fourth-order valence-electron chi connectivity index (χ4n) is 5.89. The van der Waals surface area contributed by atoms with Crippen LogP contribution in [0.25, 0.3) is 0 Å². The minimum absolute atomic E-state index is 0. The molecular weight excluding hydrogens is 707 g/mol. The number of rotatable bonds is 13. The van der Waals surface area contributed by atoms with E-state index in [2.05, 4.69) is 0 Å². The molecule has 11 heteroatoms. The normalized spacial score (nSPS) is 22.1. The number of unbranched alkanes of at least 4 members (excludes halogenated alkanes) is 7. The van der Waals surface area contributed by atoms with E-state index in [1.54, 1.807) is 4.90 Å². The molecule has 2 amide bonds. The number of hydrogen-bond donors (Lipinski definition) is 2. The molecule has 3 fully saturated rings. The Bertz CT molecular complexity index is 774. The number of carboxylic acids is 2. The van der Waals surface area contributed by atoms with Crippen molar-refractivity contribution in [1.82, 2.24) is 9.80 Å². The average Bonchev–Trinajstić information content (AvgIpc) is 2.96. The summed E-state index contributed by atoms with van der Waals surface area (Å²) in [4.78, 5) is 50.3. The topological polar surface area (TPSA) is 173 Å². The van der Waals surface area contributed by atoms with E-state index >= 15 is 0 Å². The van der Waals surface area contributed by atoms with Crippen LogP contribution in [0.2, 0.25) is 0 Å². The fraction of sp³-hybridized carbons (Fsp3) is 0.867. The number of aliphatic carboxylic acids is 2. The summed E-state index contributed by atoms with van der Waals surface area (Å²) >= 11 is 0. The molecule has 0 unspecified atom stereocenters. The van der Waals surface area contributed by atoms with Gasteiger partial charge >= 0.3 is 21.1 Å². The zero-order valence-corrected chi connectivity index (χ0v) is 27.0. The van der Waals surface area contributed by atoms with Crippen molar-refractivity contribution in [1.29, 1.82) is 0 Å².